The molecule has 0 aliphatic carbocycles. The number of nitrogens with zero attached hydrogens (tertiary/aromatic N) is 1. The molecule has 2 atom stereocenters. The van der Waals surface area contributed by atoms with E-state index in [2.05, 4.69) is 31.7 Å². The third kappa shape index (κ3) is 2.93. The molecule has 1 aromatic rings. The molecule has 3 nitrogen and oxygen atoms in total. The Morgan fingerprint density at radius 2 is 2.05 bits per heavy atom. The minimum atomic E-state index is -0.519. The van der Waals surface area contributed by atoms with Crippen LogP contribution in [0.2, 0.25) is 0 Å². The molecule has 2 rings (SSSR count). The average Bonchev–Trinajstić information content (AvgIpc) is 2.86. The van der Waals surface area contributed by atoms with Crippen LogP contribution in [0, 0.1) is 11.3 Å². The number of rotatable bonds is 3. The Kier molecular flexibility index (Phi) is 4.28. The Morgan fingerprint density at radius 1 is 1.35 bits per heavy atom. The highest BCUT2D eigenvalue weighted by atomic mass is 16.5. The van der Waals surface area contributed by atoms with Crippen LogP contribution in [0.3, 0.4) is 0 Å². The van der Waals surface area contributed by atoms with E-state index in [9.17, 15) is 5.11 Å². The van der Waals surface area contributed by atoms with Crippen LogP contribution in [0.5, 0.6) is 5.75 Å². The molecule has 1 heterocycles. The topological polar surface area (TPSA) is 32.7 Å². The maximum atomic E-state index is 10.1. The predicted octanol–water partition coefficient (Wildman–Crippen LogP) is 3.62. The van der Waals surface area contributed by atoms with E-state index in [4.69, 9.17) is 4.74 Å². The zero-order valence-corrected chi connectivity index (χ0v) is 13.3. The molecule has 0 spiro atoms. The molecule has 1 saturated heterocycles. The smallest absolute Gasteiger partial charge is 0.126 e. The van der Waals surface area contributed by atoms with Crippen LogP contribution in [-0.2, 0) is 0 Å². The highest BCUT2D eigenvalue weighted by Crippen LogP contribution is 2.40. The van der Waals surface area contributed by atoms with Gasteiger partial charge in [-0.05, 0) is 36.8 Å². The number of anilines is 1. The van der Waals surface area contributed by atoms with Gasteiger partial charge in [0.2, 0.25) is 0 Å². The van der Waals surface area contributed by atoms with Gasteiger partial charge in [-0.15, -0.1) is 0 Å². The number of aliphatic hydroxyl groups is 1. The van der Waals surface area contributed by atoms with Crippen LogP contribution in [-0.4, -0.2) is 25.3 Å². The lowest BCUT2D eigenvalue weighted by molar-refractivity contribution is 0.194. The fourth-order valence-corrected chi connectivity index (χ4v) is 3.09. The van der Waals surface area contributed by atoms with E-state index in [1.54, 1.807) is 14.0 Å². The standard InChI is InChI=1S/C17H27NO2/c1-12(19)16-14(7-6-8-15(16)20-5)18-10-9-13(11-18)17(2,3)4/h6-8,12-13,19H,9-11H2,1-5H3/t12-,13?/m1/s1. The summed E-state index contributed by atoms with van der Waals surface area (Å²) in [5.41, 5.74) is 2.36. The van der Waals surface area contributed by atoms with Crippen molar-refractivity contribution in [2.24, 2.45) is 11.3 Å². The second kappa shape index (κ2) is 5.65. The zero-order valence-electron chi connectivity index (χ0n) is 13.3. The second-order valence-corrected chi connectivity index (χ2v) is 6.87. The molecular formula is C17H27NO2. The van der Waals surface area contributed by atoms with Gasteiger partial charge in [-0.2, -0.15) is 0 Å². The summed E-state index contributed by atoms with van der Waals surface area (Å²) in [5, 5.41) is 10.1. The Morgan fingerprint density at radius 3 is 2.55 bits per heavy atom. The number of hydrogen-bond donors (Lipinski definition) is 1. The monoisotopic (exact) mass is 277 g/mol. The summed E-state index contributed by atoms with van der Waals surface area (Å²) in [6.45, 7) is 10.8. The van der Waals surface area contributed by atoms with Gasteiger partial charge in [0.15, 0.2) is 0 Å². The fourth-order valence-electron chi connectivity index (χ4n) is 3.09. The van der Waals surface area contributed by atoms with Gasteiger partial charge < -0.3 is 14.7 Å². The first kappa shape index (κ1) is 15.2. The van der Waals surface area contributed by atoms with Crippen molar-refractivity contribution in [1.29, 1.82) is 0 Å². The molecule has 1 unspecified atom stereocenters. The fraction of sp³-hybridized carbons (Fsp3) is 0.647. The maximum Gasteiger partial charge on any atom is 0.126 e. The quantitative estimate of drug-likeness (QED) is 0.916. The minimum Gasteiger partial charge on any atom is -0.496 e. The van der Waals surface area contributed by atoms with Crippen LogP contribution in [0.1, 0.15) is 45.8 Å². The van der Waals surface area contributed by atoms with Crippen LogP contribution < -0.4 is 9.64 Å². The number of benzene rings is 1. The lowest BCUT2D eigenvalue weighted by atomic mass is 9.80. The molecule has 0 radical (unpaired) electrons. The summed E-state index contributed by atoms with van der Waals surface area (Å²) in [4.78, 5) is 2.39. The second-order valence-electron chi connectivity index (χ2n) is 6.87. The molecule has 3 heteroatoms. The summed E-state index contributed by atoms with van der Waals surface area (Å²) in [6, 6.07) is 6.02. The van der Waals surface area contributed by atoms with E-state index in [0.29, 0.717) is 11.3 Å². The van der Waals surface area contributed by atoms with E-state index < -0.39 is 6.10 Å². The Labute approximate surface area is 122 Å². The molecule has 1 aliphatic heterocycles. The number of methoxy groups -OCH3 is 1. The molecule has 112 valence electrons. The number of ether oxygens (including phenoxy) is 1. The third-order valence-electron chi connectivity index (χ3n) is 4.43. The summed E-state index contributed by atoms with van der Waals surface area (Å²) in [7, 11) is 1.66. The largest absolute Gasteiger partial charge is 0.496 e. The highest BCUT2D eigenvalue weighted by molar-refractivity contribution is 5.61. The van der Waals surface area contributed by atoms with Crippen molar-refractivity contribution in [3.63, 3.8) is 0 Å². The van der Waals surface area contributed by atoms with Crippen molar-refractivity contribution in [3.05, 3.63) is 23.8 Å². The van der Waals surface area contributed by atoms with E-state index in [0.717, 1.165) is 30.1 Å². The molecule has 1 fully saturated rings. The van der Waals surface area contributed by atoms with Gasteiger partial charge in [-0.3, -0.25) is 0 Å². The predicted molar refractivity (Wildman–Crippen MR) is 83.4 cm³/mol. The zero-order chi connectivity index (χ0) is 14.9. The minimum absolute atomic E-state index is 0.332. The normalized spacial score (nSPS) is 21.1. The van der Waals surface area contributed by atoms with Crippen molar-refractivity contribution < 1.29 is 9.84 Å². The van der Waals surface area contributed by atoms with Gasteiger partial charge in [0.25, 0.3) is 0 Å². The molecule has 20 heavy (non-hydrogen) atoms. The van der Waals surface area contributed by atoms with Gasteiger partial charge in [0.05, 0.1) is 13.2 Å². The summed E-state index contributed by atoms with van der Waals surface area (Å²) in [6.07, 6.45) is 0.690. The first-order valence-electron chi connectivity index (χ1n) is 7.44. The van der Waals surface area contributed by atoms with Crippen molar-refractivity contribution >= 4 is 5.69 Å². The molecule has 0 saturated carbocycles. The molecular weight excluding hydrogens is 250 g/mol. The van der Waals surface area contributed by atoms with Crippen molar-refractivity contribution in [2.75, 3.05) is 25.1 Å². The van der Waals surface area contributed by atoms with Crippen LogP contribution in [0.4, 0.5) is 5.69 Å². The molecule has 1 aromatic carbocycles. The maximum absolute atomic E-state index is 10.1. The first-order valence-corrected chi connectivity index (χ1v) is 7.44. The molecule has 0 aromatic heterocycles. The Hall–Kier alpha value is -1.22. The van der Waals surface area contributed by atoms with Crippen molar-refractivity contribution in [3.8, 4) is 5.75 Å². The number of aliphatic hydroxyl groups excluding tert-OH is 1. The van der Waals surface area contributed by atoms with E-state index in [-0.39, 0.29) is 0 Å². The van der Waals surface area contributed by atoms with Gasteiger partial charge >= 0.3 is 0 Å². The van der Waals surface area contributed by atoms with E-state index >= 15 is 0 Å². The van der Waals surface area contributed by atoms with Crippen LogP contribution >= 0.6 is 0 Å². The van der Waals surface area contributed by atoms with E-state index in [1.165, 1.54) is 6.42 Å². The first-order chi connectivity index (χ1) is 9.34. The average molecular weight is 277 g/mol. The molecule has 1 N–H and O–H groups in total. The Bertz CT molecular complexity index is 463. The van der Waals surface area contributed by atoms with E-state index in [1.807, 2.05) is 12.1 Å². The van der Waals surface area contributed by atoms with Gasteiger partial charge in [-0.1, -0.05) is 26.8 Å². The molecule has 0 amide bonds. The van der Waals surface area contributed by atoms with Crippen LogP contribution in [0.25, 0.3) is 0 Å². The molecule has 1 aliphatic rings. The summed E-state index contributed by atoms with van der Waals surface area (Å²) >= 11 is 0. The van der Waals surface area contributed by atoms with Crippen LogP contribution in [0.15, 0.2) is 18.2 Å². The third-order valence-corrected chi connectivity index (χ3v) is 4.43. The van der Waals surface area contributed by atoms with Gasteiger partial charge in [0, 0.05) is 24.3 Å². The summed E-state index contributed by atoms with van der Waals surface area (Å²) in [5.74, 6) is 1.47. The lowest BCUT2D eigenvalue weighted by Gasteiger charge is -2.29. The van der Waals surface area contributed by atoms with Gasteiger partial charge in [0.1, 0.15) is 5.75 Å². The summed E-state index contributed by atoms with van der Waals surface area (Å²) < 4.78 is 5.41. The van der Waals surface area contributed by atoms with Crippen molar-refractivity contribution in [1.82, 2.24) is 0 Å². The number of hydrogen-bond acceptors (Lipinski definition) is 3. The highest BCUT2D eigenvalue weighted by Gasteiger charge is 2.33. The SMILES string of the molecule is COc1cccc(N2CCC(C(C)(C)C)C2)c1[C@@H](C)O. The lowest BCUT2D eigenvalue weighted by Crippen LogP contribution is -2.26. The molecule has 0 bridgehead atoms. The Balaban J connectivity index is 2.30. The van der Waals surface area contributed by atoms with Crippen molar-refractivity contribution in [2.45, 2.75) is 40.2 Å². The van der Waals surface area contributed by atoms with Gasteiger partial charge in [-0.25, -0.2) is 0 Å².